The Labute approximate surface area is 101 Å². The standard InChI is InChI=1S/C11H19N5O/c12-11(3-1-4-11)9-10(17)13-5-2-7-16-8-6-14-15-16/h6,8H,1-5,7,9,12H2,(H,13,17). The molecule has 0 bridgehead atoms. The third-order valence-corrected chi connectivity index (χ3v) is 3.22. The second-order valence-corrected chi connectivity index (χ2v) is 4.76. The predicted molar refractivity (Wildman–Crippen MR) is 63.0 cm³/mol. The number of aromatic nitrogens is 3. The SMILES string of the molecule is NC1(CC(=O)NCCCn2ccnn2)CCC1. The van der Waals surface area contributed by atoms with Crippen molar-refractivity contribution in [2.24, 2.45) is 5.73 Å². The van der Waals surface area contributed by atoms with E-state index in [1.165, 1.54) is 0 Å². The number of nitrogens with zero attached hydrogens (tertiary/aromatic N) is 3. The van der Waals surface area contributed by atoms with Gasteiger partial charge in [-0.1, -0.05) is 5.21 Å². The summed E-state index contributed by atoms with van der Waals surface area (Å²) in [6, 6.07) is 0. The fourth-order valence-electron chi connectivity index (χ4n) is 2.01. The molecule has 17 heavy (non-hydrogen) atoms. The zero-order valence-electron chi connectivity index (χ0n) is 9.93. The van der Waals surface area contributed by atoms with Crippen molar-refractivity contribution >= 4 is 5.91 Å². The van der Waals surface area contributed by atoms with Crippen LogP contribution in [-0.4, -0.2) is 33.0 Å². The van der Waals surface area contributed by atoms with E-state index in [1.54, 1.807) is 10.9 Å². The summed E-state index contributed by atoms with van der Waals surface area (Å²) < 4.78 is 1.75. The zero-order chi connectivity index (χ0) is 12.1. The van der Waals surface area contributed by atoms with Crippen LogP contribution in [0.5, 0.6) is 0 Å². The van der Waals surface area contributed by atoms with Crippen molar-refractivity contribution in [2.45, 2.75) is 44.2 Å². The highest BCUT2D eigenvalue weighted by Crippen LogP contribution is 2.31. The molecule has 6 heteroatoms. The normalized spacial score (nSPS) is 17.5. The Hall–Kier alpha value is -1.43. The molecule has 6 nitrogen and oxygen atoms in total. The number of amides is 1. The van der Waals surface area contributed by atoms with E-state index in [1.807, 2.05) is 6.20 Å². The lowest BCUT2D eigenvalue weighted by molar-refractivity contribution is -0.123. The van der Waals surface area contributed by atoms with E-state index in [9.17, 15) is 4.79 Å². The molecule has 1 aliphatic carbocycles. The molecule has 0 unspecified atom stereocenters. The molecule has 1 saturated carbocycles. The van der Waals surface area contributed by atoms with Crippen LogP contribution < -0.4 is 11.1 Å². The van der Waals surface area contributed by atoms with Crippen LogP contribution in [0.4, 0.5) is 0 Å². The number of carbonyl (C=O) groups is 1. The average Bonchev–Trinajstić information content (AvgIpc) is 2.75. The minimum Gasteiger partial charge on any atom is -0.356 e. The molecule has 0 atom stereocenters. The van der Waals surface area contributed by atoms with Gasteiger partial charge in [-0.05, 0) is 25.7 Å². The topological polar surface area (TPSA) is 85.8 Å². The highest BCUT2D eigenvalue weighted by molar-refractivity contribution is 5.77. The monoisotopic (exact) mass is 237 g/mol. The molecule has 0 radical (unpaired) electrons. The van der Waals surface area contributed by atoms with Gasteiger partial charge in [0.05, 0.1) is 6.20 Å². The number of hydrogen-bond donors (Lipinski definition) is 2. The van der Waals surface area contributed by atoms with Crippen molar-refractivity contribution in [3.05, 3.63) is 12.4 Å². The molecule has 3 N–H and O–H groups in total. The first-order valence-electron chi connectivity index (χ1n) is 6.08. The zero-order valence-corrected chi connectivity index (χ0v) is 9.93. The summed E-state index contributed by atoms with van der Waals surface area (Å²) in [5.41, 5.74) is 5.78. The molecular formula is C11H19N5O. The van der Waals surface area contributed by atoms with Crippen LogP contribution >= 0.6 is 0 Å². The molecule has 1 heterocycles. The van der Waals surface area contributed by atoms with E-state index in [2.05, 4.69) is 15.6 Å². The van der Waals surface area contributed by atoms with Crippen molar-refractivity contribution in [1.82, 2.24) is 20.3 Å². The molecule has 94 valence electrons. The van der Waals surface area contributed by atoms with Crippen LogP contribution in [0, 0.1) is 0 Å². The molecule has 0 saturated heterocycles. The Kier molecular flexibility index (Phi) is 3.73. The Morgan fingerprint density at radius 2 is 2.35 bits per heavy atom. The van der Waals surface area contributed by atoms with Gasteiger partial charge in [0, 0.05) is 31.2 Å². The van der Waals surface area contributed by atoms with Crippen molar-refractivity contribution in [2.75, 3.05) is 6.54 Å². The smallest absolute Gasteiger partial charge is 0.221 e. The van der Waals surface area contributed by atoms with Gasteiger partial charge >= 0.3 is 0 Å². The number of aryl methyl sites for hydroxylation is 1. The van der Waals surface area contributed by atoms with Gasteiger partial charge in [-0.15, -0.1) is 5.10 Å². The second kappa shape index (κ2) is 5.27. The maximum atomic E-state index is 11.6. The summed E-state index contributed by atoms with van der Waals surface area (Å²) in [6.07, 6.45) is 7.86. The minimum absolute atomic E-state index is 0.0609. The fourth-order valence-corrected chi connectivity index (χ4v) is 2.01. The summed E-state index contributed by atoms with van der Waals surface area (Å²) in [5.74, 6) is 0.0609. The van der Waals surface area contributed by atoms with Crippen LogP contribution in [0.3, 0.4) is 0 Å². The third-order valence-electron chi connectivity index (χ3n) is 3.22. The van der Waals surface area contributed by atoms with Crippen molar-refractivity contribution in [3.63, 3.8) is 0 Å². The highest BCUT2D eigenvalue weighted by Gasteiger charge is 2.34. The van der Waals surface area contributed by atoms with Gasteiger partial charge in [0.1, 0.15) is 0 Å². The molecule has 1 aromatic rings. The first-order chi connectivity index (χ1) is 8.18. The molecule has 2 rings (SSSR count). The lowest BCUT2D eigenvalue weighted by Gasteiger charge is -2.37. The van der Waals surface area contributed by atoms with Gasteiger partial charge < -0.3 is 11.1 Å². The molecule has 0 aromatic carbocycles. The van der Waals surface area contributed by atoms with E-state index in [0.29, 0.717) is 13.0 Å². The average molecular weight is 237 g/mol. The maximum absolute atomic E-state index is 11.6. The van der Waals surface area contributed by atoms with Gasteiger partial charge in [-0.3, -0.25) is 9.48 Å². The van der Waals surface area contributed by atoms with E-state index >= 15 is 0 Å². The molecule has 0 spiro atoms. The summed E-state index contributed by atoms with van der Waals surface area (Å²) in [6.45, 7) is 1.43. The Morgan fingerprint density at radius 1 is 1.53 bits per heavy atom. The summed E-state index contributed by atoms with van der Waals surface area (Å²) in [5, 5.41) is 10.4. The molecule has 1 fully saturated rings. The van der Waals surface area contributed by atoms with Crippen molar-refractivity contribution in [3.8, 4) is 0 Å². The first kappa shape index (κ1) is 12.0. The number of nitrogens with two attached hydrogens (primary N) is 1. The lowest BCUT2D eigenvalue weighted by atomic mass is 9.75. The van der Waals surface area contributed by atoms with Crippen LogP contribution in [0.15, 0.2) is 12.4 Å². The Balaban J connectivity index is 1.57. The Bertz CT molecular complexity index is 358. The summed E-state index contributed by atoms with van der Waals surface area (Å²) >= 11 is 0. The number of nitrogens with one attached hydrogen (secondary N) is 1. The lowest BCUT2D eigenvalue weighted by Crippen LogP contribution is -2.50. The number of hydrogen-bond acceptors (Lipinski definition) is 4. The fraction of sp³-hybridized carbons (Fsp3) is 0.727. The number of rotatable bonds is 6. The molecule has 0 aliphatic heterocycles. The maximum Gasteiger partial charge on any atom is 0.221 e. The van der Waals surface area contributed by atoms with E-state index in [4.69, 9.17) is 5.73 Å². The van der Waals surface area contributed by atoms with E-state index in [-0.39, 0.29) is 11.4 Å². The van der Waals surface area contributed by atoms with Crippen LogP contribution in [0.2, 0.25) is 0 Å². The van der Waals surface area contributed by atoms with E-state index < -0.39 is 0 Å². The molecular weight excluding hydrogens is 218 g/mol. The molecule has 1 amide bonds. The quantitative estimate of drug-likeness (QED) is 0.685. The van der Waals surface area contributed by atoms with E-state index in [0.717, 1.165) is 32.2 Å². The predicted octanol–water partition coefficient (Wildman–Crippen LogP) is 0.0559. The second-order valence-electron chi connectivity index (χ2n) is 4.76. The molecule has 1 aromatic heterocycles. The van der Waals surface area contributed by atoms with Crippen LogP contribution in [0.1, 0.15) is 32.1 Å². The van der Waals surface area contributed by atoms with Gasteiger partial charge in [0.15, 0.2) is 0 Å². The third kappa shape index (κ3) is 3.52. The first-order valence-corrected chi connectivity index (χ1v) is 6.08. The van der Waals surface area contributed by atoms with Crippen LogP contribution in [0.25, 0.3) is 0 Å². The van der Waals surface area contributed by atoms with Crippen LogP contribution in [-0.2, 0) is 11.3 Å². The van der Waals surface area contributed by atoms with Gasteiger partial charge in [0.2, 0.25) is 5.91 Å². The number of carbonyl (C=O) groups excluding carboxylic acids is 1. The van der Waals surface area contributed by atoms with Gasteiger partial charge in [-0.25, -0.2) is 0 Å². The van der Waals surface area contributed by atoms with Gasteiger partial charge in [-0.2, -0.15) is 0 Å². The van der Waals surface area contributed by atoms with Gasteiger partial charge in [0.25, 0.3) is 0 Å². The highest BCUT2D eigenvalue weighted by atomic mass is 16.1. The largest absolute Gasteiger partial charge is 0.356 e. The Morgan fingerprint density at radius 3 is 2.94 bits per heavy atom. The minimum atomic E-state index is -0.226. The summed E-state index contributed by atoms with van der Waals surface area (Å²) in [7, 11) is 0. The van der Waals surface area contributed by atoms with Crippen molar-refractivity contribution in [1.29, 1.82) is 0 Å². The van der Waals surface area contributed by atoms with Crippen molar-refractivity contribution < 1.29 is 4.79 Å². The molecule has 1 aliphatic rings. The summed E-state index contributed by atoms with van der Waals surface area (Å²) in [4.78, 5) is 11.6.